The predicted octanol–water partition coefficient (Wildman–Crippen LogP) is -0.0118. The van der Waals surface area contributed by atoms with Gasteiger partial charge in [-0.2, -0.15) is 0 Å². The van der Waals surface area contributed by atoms with Crippen LogP contribution in [-0.4, -0.2) is 46.8 Å². The van der Waals surface area contributed by atoms with Crippen molar-refractivity contribution in [1.29, 1.82) is 0 Å². The zero-order valence-corrected chi connectivity index (χ0v) is 8.36. The zero-order valence-electron chi connectivity index (χ0n) is 8.36. The van der Waals surface area contributed by atoms with E-state index in [1.807, 2.05) is 6.92 Å². The minimum atomic E-state index is -0.535. The smallest absolute Gasteiger partial charge is 0.222 e. The zero-order chi connectivity index (χ0) is 10.3. The van der Waals surface area contributed by atoms with E-state index in [0.717, 1.165) is 6.42 Å². The van der Waals surface area contributed by atoms with Gasteiger partial charge in [-0.15, -0.1) is 0 Å². The van der Waals surface area contributed by atoms with Gasteiger partial charge in [0.15, 0.2) is 0 Å². The monoisotopic (exact) mass is 189 g/mol. The third-order valence-electron chi connectivity index (χ3n) is 1.67. The highest BCUT2D eigenvalue weighted by atomic mass is 16.3. The molecule has 0 spiro atoms. The summed E-state index contributed by atoms with van der Waals surface area (Å²) in [5.41, 5.74) is 0. The summed E-state index contributed by atoms with van der Waals surface area (Å²) in [4.78, 5) is 12.9. The number of rotatable bonds is 6. The van der Waals surface area contributed by atoms with E-state index in [9.17, 15) is 4.79 Å². The quantitative estimate of drug-likeness (QED) is 0.617. The number of aliphatic hydroxyl groups excluding tert-OH is 2. The van der Waals surface area contributed by atoms with E-state index in [-0.39, 0.29) is 12.5 Å². The van der Waals surface area contributed by atoms with Gasteiger partial charge < -0.3 is 15.1 Å². The first-order valence-electron chi connectivity index (χ1n) is 4.68. The van der Waals surface area contributed by atoms with Gasteiger partial charge in [-0.3, -0.25) is 4.79 Å². The summed E-state index contributed by atoms with van der Waals surface area (Å²) in [7, 11) is 0. The molecule has 0 rings (SSSR count). The minimum absolute atomic E-state index is 0.00236. The highest BCUT2D eigenvalue weighted by molar-refractivity contribution is 5.76. The first-order valence-corrected chi connectivity index (χ1v) is 4.68. The molecule has 4 nitrogen and oxygen atoms in total. The molecule has 0 aliphatic rings. The molecule has 0 aliphatic heterocycles. The largest absolute Gasteiger partial charge is 0.395 e. The van der Waals surface area contributed by atoms with Crippen LogP contribution in [-0.2, 0) is 4.79 Å². The van der Waals surface area contributed by atoms with Gasteiger partial charge in [0.25, 0.3) is 0 Å². The number of aliphatic hydroxyl groups is 2. The van der Waals surface area contributed by atoms with Crippen LogP contribution in [0.5, 0.6) is 0 Å². The molecular formula is C9H19NO3. The molecule has 0 aromatic rings. The SMILES string of the molecule is CCCC(=O)N(CCO)CC(C)O. The van der Waals surface area contributed by atoms with Crippen molar-refractivity contribution in [2.24, 2.45) is 0 Å². The first kappa shape index (κ1) is 12.4. The second-order valence-corrected chi connectivity index (χ2v) is 3.16. The molecule has 13 heavy (non-hydrogen) atoms. The Balaban J connectivity index is 3.98. The van der Waals surface area contributed by atoms with Crippen molar-refractivity contribution in [3.8, 4) is 0 Å². The number of carbonyl (C=O) groups is 1. The second kappa shape index (κ2) is 6.86. The Bertz CT molecular complexity index is 148. The van der Waals surface area contributed by atoms with E-state index >= 15 is 0 Å². The van der Waals surface area contributed by atoms with Crippen LogP contribution >= 0.6 is 0 Å². The molecule has 0 fully saturated rings. The standard InChI is InChI=1S/C9H19NO3/c1-3-4-9(13)10(5-6-11)7-8(2)12/h8,11-12H,3-7H2,1-2H3. The summed E-state index contributed by atoms with van der Waals surface area (Å²) in [6, 6.07) is 0. The molecular weight excluding hydrogens is 170 g/mol. The van der Waals surface area contributed by atoms with Crippen LogP contribution in [0.15, 0.2) is 0 Å². The molecule has 0 saturated heterocycles. The van der Waals surface area contributed by atoms with Gasteiger partial charge in [0.1, 0.15) is 0 Å². The van der Waals surface area contributed by atoms with Crippen molar-refractivity contribution in [1.82, 2.24) is 4.90 Å². The number of amides is 1. The van der Waals surface area contributed by atoms with E-state index in [1.165, 1.54) is 4.90 Å². The van der Waals surface area contributed by atoms with Crippen molar-refractivity contribution in [3.63, 3.8) is 0 Å². The highest BCUT2D eigenvalue weighted by Crippen LogP contribution is 1.99. The predicted molar refractivity (Wildman–Crippen MR) is 50.3 cm³/mol. The second-order valence-electron chi connectivity index (χ2n) is 3.16. The van der Waals surface area contributed by atoms with Gasteiger partial charge in [-0.1, -0.05) is 6.92 Å². The third kappa shape index (κ3) is 5.60. The summed E-state index contributed by atoms with van der Waals surface area (Å²) in [6.45, 7) is 4.12. The number of nitrogens with zero attached hydrogens (tertiary/aromatic N) is 1. The molecule has 1 unspecified atom stereocenters. The Morgan fingerprint density at radius 2 is 2.15 bits per heavy atom. The number of carbonyl (C=O) groups excluding carboxylic acids is 1. The molecule has 0 radical (unpaired) electrons. The topological polar surface area (TPSA) is 60.8 Å². The van der Waals surface area contributed by atoms with Crippen LogP contribution in [0.25, 0.3) is 0 Å². The van der Waals surface area contributed by atoms with Crippen molar-refractivity contribution in [3.05, 3.63) is 0 Å². The van der Waals surface area contributed by atoms with E-state index in [1.54, 1.807) is 6.92 Å². The van der Waals surface area contributed by atoms with Crippen molar-refractivity contribution >= 4 is 5.91 Å². The molecule has 2 N–H and O–H groups in total. The van der Waals surface area contributed by atoms with Gasteiger partial charge in [0.05, 0.1) is 12.7 Å². The van der Waals surface area contributed by atoms with Gasteiger partial charge in [-0.05, 0) is 13.3 Å². The maximum Gasteiger partial charge on any atom is 0.222 e. The molecule has 1 amide bonds. The van der Waals surface area contributed by atoms with Crippen LogP contribution in [0.4, 0.5) is 0 Å². The summed E-state index contributed by atoms with van der Waals surface area (Å²) in [5.74, 6) is -0.00236. The van der Waals surface area contributed by atoms with Gasteiger partial charge in [0, 0.05) is 19.5 Å². The lowest BCUT2D eigenvalue weighted by Gasteiger charge is -2.22. The fourth-order valence-corrected chi connectivity index (χ4v) is 1.13. The minimum Gasteiger partial charge on any atom is -0.395 e. The summed E-state index contributed by atoms with van der Waals surface area (Å²) in [5, 5.41) is 17.8. The van der Waals surface area contributed by atoms with E-state index in [2.05, 4.69) is 0 Å². The highest BCUT2D eigenvalue weighted by Gasteiger charge is 2.13. The molecule has 0 heterocycles. The van der Waals surface area contributed by atoms with E-state index in [4.69, 9.17) is 10.2 Å². The fourth-order valence-electron chi connectivity index (χ4n) is 1.13. The number of hydrogen-bond donors (Lipinski definition) is 2. The lowest BCUT2D eigenvalue weighted by Crippen LogP contribution is -2.38. The lowest BCUT2D eigenvalue weighted by molar-refractivity contribution is -0.133. The molecule has 0 saturated carbocycles. The summed E-state index contributed by atoms with van der Waals surface area (Å²) in [6.07, 6.45) is 0.736. The summed E-state index contributed by atoms with van der Waals surface area (Å²) >= 11 is 0. The first-order chi connectivity index (χ1) is 6.11. The van der Waals surface area contributed by atoms with Crippen LogP contribution in [0.1, 0.15) is 26.7 Å². The van der Waals surface area contributed by atoms with Gasteiger partial charge in [0.2, 0.25) is 5.91 Å². The average Bonchev–Trinajstić information content (AvgIpc) is 2.03. The number of hydrogen-bond acceptors (Lipinski definition) is 3. The van der Waals surface area contributed by atoms with Crippen molar-refractivity contribution in [2.45, 2.75) is 32.8 Å². The normalized spacial score (nSPS) is 12.6. The molecule has 0 aromatic heterocycles. The molecule has 78 valence electrons. The maximum atomic E-state index is 11.4. The molecule has 0 bridgehead atoms. The molecule has 4 heteroatoms. The summed E-state index contributed by atoms with van der Waals surface area (Å²) < 4.78 is 0. The molecule has 1 atom stereocenters. The van der Waals surface area contributed by atoms with Crippen molar-refractivity contribution < 1.29 is 15.0 Å². The van der Waals surface area contributed by atoms with Gasteiger partial charge >= 0.3 is 0 Å². The Morgan fingerprint density at radius 3 is 2.54 bits per heavy atom. The van der Waals surface area contributed by atoms with Crippen LogP contribution in [0, 0.1) is 0 Å². The molecule has 0 aliphatic carbocycles. The van der Waals surface area contributed by atoms with Crippen LogP contribution in [0.2, 0.25) is 0 Å². The fraction of sp³-hybridized carbons (Fsp3) is 0.889. The van der Waals surface area contributed by atoms with E-state index < -0.39 is 6.10 Å². The van der Waals surface area contributed by atoms with Crippen LogP contribution in [0.3, 0.4) is 0 Å². The Kier molecular flexibility index (Phi) is 6.54. The van der Waals surface area contributed by atoms with E-state index in [0.29, 0.717) is 19.5 Å². The Morgan fingerprint density at radius 1 is 1.54 bits per heavy atom. The third-order valence-corrected chi connectivity index (χ3v) is 1.67. The average molecular weight is 189 g/mol. The Hall–Kier alpha value is -0.610. The Labute approximate surface area is 79.2 Å². The maximum absolute atomic E-state index is 11.4. The van der Waals surface area contributed by atoms with Crippen molar-refractivity contribution in [2.75, 3.05) is 19.7 Å². The van der Waals surface area contributed by atoms with Gasteiger partial charge in [-0.25, -0.2) is 0 Å². The van der Waals surface area contributed by atoms with Crippen LogP contribution < -0.4 is 0 Å². The molecule has 0 aromatic carbocycles. The lowest BCUT2D eigenvalue weighted by atomic mass is 10.2.